The minimum atomic E-state index is -0.453. The van der Waals surface area contributed by atoms with Crippen molar-refractivity contribution in [2.24, 2.45) is 0 Å². The normalized spacial score (nSPS) is 17.2. The van der Waals surface area contributed by atoms with Gasteiger partial charge in [-0.1, -0.05) is 0 Å². The molecule has 1 amide bonds. The first-order chi connectivity index (χ1) is 11.5. The van der Waals surface area contributed by atoms with Crippen LogP contribution in [-0.4, -0.2) is 62.1 Å². The van der Waals surface area contributed by atoms with Crippen LogP contribution in [-0.2, 0) is 24.3 Å². The van der Waals surface area contributed by atoms with Crippen LogP contribution in [0.1, 0.15) is 17.3 Å². The highest BCUT2D eigenvalue weighted by molar-refractivity contribution is 5.78. The van der Waals surface area contributed by atoms with Gasteiger partial charge in [-0.25, -0.2) is 4.39 Å². The van der Waals surface area contributed by atoms with Crippen LogP contribution in [0.15, 0.2) is 18.3 Å². The minimum Gasteiger partial charge on any atom is -0.329 e. The fourth-order valence-electron chi connectivity index (χ4n) is 3.03. The minimum absolute atomic E-state index is 0.0125. The average molecular weight is 332 g/mol. The number of hydrogen-bond donors (Lipinski definition) is 0. The van der Waals surface area contributed by atoms with E-state index >= 15 is 0 Å². The molecule has 8 heteroatoms. The van der Waals surface area contributed by atoms with Gasteiger partial charge in [0, 0.05) is 19.3 Å². The first-order valence-corrected chi connectivity index (χ1v) is 7.88. The number of amides is 1. The number of carbonyl (C=O) groups is 1. The van der Waals surface area contributed by atoms with Crippen molar-refractivity contribution in [1.29, 1.82) is 0 Å². The van der Waals surface area contributed by atoms with Gasteiger partial charge in [0.05, 0.1) is 24.7 Å². The van der Waals surface area contributed by atoms with Crippen molar-refractivity contribution >= 4 is 5.91 Å². The second-order valence-corrected chi connectivity index (χ2v) is 6.32. The molecule has 2 aromatic rings. The first kappa shape index (κ1) is 16.5. The SMILES string of the molecule is Cc1nnc2n1CC(CN(C)C)N(C(=O)Cc1ncccc1F)C2. The molecule has 2 aromatic heterocycles. The molecule has 1 aliphatic heterocycles. The molecule has 1 atom stereocenters. The number of nitrogens with zero attached hydrogens (tertiary/aromatic N) is 6. The van der Waals surface area contributed by atoms with Gasteiger partial charge < -0.3 is 14.4 Å². The van der Waals surface area contributed by atoms with Crippen molar-refractivity contribution in [2.45, 2.75) is 32.5 Å². The van der Waals surface area contributed by atoms with Crippen molar-refractivity contribution in [3.8, 4) is 0 Å². The molecule has 0 N–H and O–H groups in total. The summed E-state index contributed by atoms with van der Waals surface area (Å²) in [5, 5.41) is 8.24. The summed E-state index contributed by atoms with van der Waals surface area (Å²) in [5.41, 5.74) is 0.175. The zero-order valence-corrected chi connectivity index (χ0v) is 14.1. The molecule has 0 saturated heterocycles. The van der Waals surface area contributed by atoms with E-state index in [1.165, 1.54) is 18.3 Å². The van der Waals surface area contributed by atoms with Gasteiger partial charge in [-0.05, 0) is 33.2 Å². The Morgan fingerprint density at radius 2 is 2.21 bits per heavy atom. The van der Waals surface area contributed by atoms with Gasteiger partial charge >= 0.3 is 0 Å². The van der Waals surface area contributed by atoms with E-state index in [0.717, 1.165) is 11.6 Å². The molecular formula is C16H21FN6O. The number of hydrogen-bond acceptors (Lipinski definition) is 5. The number of carbonyl (C=O) groups excluding carboxylic acids is 1. The molecule has 1 unspecified atom stereocenters. The Kier molecular flexibility index (Phi) is 4.57. The maximum absolute atomic E-state index is 13.8. The van der Waals surface area contributed by atoms with Crippen molar-refractivity contribution in [1.82, 2.24) is 29.5 Å². The van der Waals surface area contributed by atoms with Crippen LogP contribution in [0.2, 0.25) is 0 Å². The molecule has 0 saturated carbocycles. The lowest BCUT2D eigenvalue weighted by Crippen LogP contribution is -2.51. The summed E-state index contributed by atoms with van der Waals surface area (Å²) < 4.78 is 15.8. The Labute approximate surface area is 140 Å². The molecule has 7 nitrogen and oxygen atoms in total. The smallest absolute Gasteiger partial charge is 0.229 e. The second-order valence-electron chi connectivity index (χ2n) is 6.32. The van der Waals surface area contributed by atoms with E-state index in [4.69, 9.17) is 0 Å². The molecule has 3 rings (SSSR count). The predicted molar refractivity (Wildman–Crippen MR) is 85.6 cm³/mol. The molecule has 1 aliphatic rings. The number of rotatable bonds is 4. The van der Waals surface area contributed by atoms with Crippen molar-refractivity contribution in [2.75, 3.05) is 20.6 Å². The van der Waals surface area contributed by atoms with Crippen LogP contribution in [0.3, 0.4) is 0 Å². The van der Waals surface area contributed by atoms with Crippen LogP contribution < -0.4 is 0 Å². The van der Waals surface area contributed by atoms with Gasteiger partial charge in [0.15, 0.2) is 5.82 Å². The number of pyridine rings is 1. The van der Waals surface area contributed by atoms with Crippen molar-refractivity contribution in [3.05, 3.63) is 41.5 Å². The lowest BCUT2D eigenvalue weighted by Gasteiger charge is -2.37. The summed E-state index contributed by atoms with van der Waals surface area (Å²) in [4.78, 5) is 20.6. The maximum atomic E-state index is 13.8. The number of fused-ring (bicyclic) bond motifs is 1. The van der Waals surface area contributed by atoms with Crippen molar-refractivity contribution < 1.29 is 9.18 Å². The molecule has 0 spiro atoms. The highest BCUT2D eigenvalue weighted by atomic mass is 19.1. The number of halogens is 1. The zero-order valence-electron chi connectivity index (χ0n) is 14.1. The standard InChI is InChI=1S/C16H21FN6O/c1-11-19-20-15-10-23(12(8-21(2)3)9-22(11)15)16(24)7-14-13(17)5-4-6-18-14/h4-6,12H,7-10H2,1-3H3. The fraction of sp³-hybridized carbons (Fsp3) is 0.500. The highest BCUT2D eigenvalue weighted by Gasteiger charge is 2.32. The molecule has 0 bridgehead atoms. The summed E-state index contributed by atoms with van der Waals surface area (Å²) in [5.74, 6) is 1.01. The van der Waals surface area contributed by atoms with Crippen LogP contribution in [0, 0.1) is 12.7 Å². The van der Waals surface area contributed by atoms with E-state index in [2.05, 4.69) is 15.2 Å². The van der Waals surface area contributed by atoms with Gasteiger partial charge in [0.1, 0.15) is 11.6 Å². The third-order valence-corrected chi connectivity index (χ3v) is 4.21. The topological polar surface area (TPSA) is 67.2 Å². The van der Waals surface area contributed by atoms with Crippen LogP contribution in [0.5, 0.6) is 0 Å². The van der Waals surface area contributed by atoms with E-state index in [-0.39, 0.29) is 24.1 Å². The van der Waals surface area contributed by atoms with Crippen LogP contribution >= 0.6 is 0 Å². The van der Waals surface area contributed by atoms with E-state index in [1.807, 2.05) is 30.5 Å². The maximum Gasteiger partial charge on any atom is 0.229 e. The number of aryl methyl sites for hydroxylation is 1. The summed E-state index contributed by atoms with van der Waals surface area (Å²) in [6.45, 7) is 3.65. The molecule has 3 heterocycles. The van der Waals surface area contributed by atoms with E-state index < -0.39 is 5.82 Å². The van der Waals surface area contributed by atoms with Gasteiger partial charge in [-0.2, -0.15) is 0 Å². The first-order valence-electron chi connectivity index (χ1n) is 7.88. The van der Waals surface area contributed by atoms with Gasteiger partial charge in [-0.3, -0.25) is 9.78 Å². The summed E-state index contributed by atoms with van der Waals surface area (Å²) in [7, 11) is 3.94. The molecule has 24 heavy (non-hydrogen) atoms. The third-order valence-electron chi connectivity index (χ3n) is 4.21. The lowest BCUT2D eigenvalue weighted by atomic mass is 10.1. The zero-order chi connectivity index (χ0) is 17.3. The third kappa shape index (κ3) is 3.28. The Morgan fingerprint density at radius 3 is 2.92 bits per heavy atom. The average Bonchev–Trinajstić information content (AvgIpc) is 2.89. The summed E-state index contributed by atoms with van der Waals surface area (Å²) in [6, 6.07) is 2.83. The summed E-state index contributed by atoms with van der Waals surface area (Å²) >= 11 is 0. The van der Waals surface area contributed by atoms with Crippen LogP contribution in [0.25, 0.3) is 0 Å². The molecular weight excluding hydrogens is 311 g/mol. The Morgan fingerprint density at radius 1 is 1.42 bits per heavy atom. The van der Waals surface area contributed by atoms with Gasteiger partial charge in [0.2, 0.25) is 5.91 Å². The molecule has 0 radical (unpaired) electrons. The quantitative estimate of drug-likeness (QED) is 0.822. The van der Waals surface area contributed by atoms with Gasteiger partial charge in [-0.15, -0.1) is 10.2 Å². The van der Waals surface area contributed by atoms with E-state index in [1.54, 1.807) is 4.90 Å². The molecule has 0 fully saturated rings. The largest absolute Gasteiger partial charge is 0.329 e. The number of likely N-dealkylation sites (N-methyl/N-ethyl adjacent to an activating group) is 1. The molecule has 128 valence electrons. The van der Waals surface area contributed by atoms with Crippen molar-refractivity contribution in [3.63, 3.8) is 0 Å². The Balaban J connectivity index is 1.83. The second kappa shape index (κ2) is 6.64. The Hall–Kier alpha value is -2.35. The molecule has 0 aliphatic carbocycles. The number of aromatic nitrogens is 4. The van der Waals surface area contributed by atoms with E-state index in [9.17, 15) is 9.18 Å². The van der Waals surface area contributed by atoms with E-state index in [0.29, 0.717) is 19.6 Å². The lowest BCUT2D eigenvalue weighted by molar-refractivity contribution is -0.135. The monoisotopic (exact) mass is 332 g/mol. The molecule has 0 aromatic carbocycles. The Bertz CT molecular complexity index is 744. The van der Waals surface area contributed by atoms with Gasteiger partial charge in [0.25, 0.3) is 0 Å². The fourth-order valence-corrected chi connectivity index (χ4v) is 3.03. The predicted octanol–water partition coefficient (Wildman–Crippen LogP) is 0.636. The van der Waals surface area contributed by atoms with Crippen LogP contribution in [0.4, 0.5) is 4.39 Å². The summed E-state index contributed by atoms with van der Waals surface area (Å²) in [6.07, 6.45) is 1.45. The highest BCUT2D eigenvalue weighted by Crippen LogP contribution is 2.19.